The minimum Gasteiger partial charge on any atom is -0.295 e. The highest BCUT2D eigenvalue weighted by molar-refractivity contribution is 6.32. The fourth-order valence-corrected chi connectivity index (χ4v) is 3.79. The second-order valence-corrected chi connectivity index (χ2v) is 6.57. The molecule has 0 aliphatic heterocycles. The van der Waals surface area contributed by atoms with Crippen molar-refractivity contribution in [2.75, 3.05) is 7.05 Å². The van der Waals surface area contributed by atoms with Gasteiger partial charge in [-0.05, 0) is 56.0 Å². The highest BCUT2D eigenvalue weighted by Crippen LogP contribution is 2.34. The summed E-state index contributed by atoms with van der Waals surface area (Å²) in [6, 6.07) is 9.13. The number of nitrogens with zero attached hydrogens (tertiary/aromatic N) is 3. The van der Waals surface area contributed by atoms with E-state index >= 15 is 0 Å². The molecule has 1 aliphatic rings. The molecule has 0 bridgehead atoms. The number of halogens is 2. The maximum absolute atomic E-state index is 6.26. The van der Waals surface area contributed by atoms with Crippen molar-refractivity contribution in [2.24, 2.45) is 0 Å². The van der Waals surface area contributed by atoms with Gasteiger partial charge in [0.05, 0.1) is 0 Å². The Hall–Kier alpha value is -1.16. The molecule has 5 heteroatoms. The summed E-state index contributed by atoms with van der Waals surface area (Å²) in [5.41, 5.74) is 4.69. The number of hydrogen-bond donors (Lipinski definition) is 0. The van der Waals surface area contributed by atoms with Gasteiger partial charge in [0.15, 0.2) is 0 Å². The molecule has 1 atom stereocenters. The Morgan fingerprint density at radius 2 is 2.00 bits per heavy atom. The average molecular weight is 336 g/mol. The zero-order valence-electron chi connectivity index (χ0n) is 12.8. The Kier molecular flexibility index (Phi) is 4.67. The predicted molar refractivity (Wildman–Crippen MR) is 90.4 cm³/mol. The van der Waals surface area contributed by atoms with Crippen LogP contribution in [0, 0.1) is 6.92 Å². The third-order valence-corrected chi connectivity index (χ3v) is 4.90. The lowest BCUT2D eigenvalue weighted by atomic mass is 9.87. The van der Waals surface area contributed by atoms with Crippen molar-refractivity contribution >= 4 is 23.2 Å². The van der Waals surface area contributed by atoms with E-state index in [4.69, 9.17) is 23.2 Å². The molecule has 1 aromatic carbocycles. The van der Waals surface area contributed by atoms with Gasteiger partial charge in [-0.25, -0.2) is 9.97 Å². The second-order valence-electron chi connectivity index (χ2n) is 5.87. The number of hydrogen-bond acceptors (Lipinski definition) is 3. The normalized spacial score (nSPS) is 17.6. The Balaban J connectivity index is 1.86. The lowest BCUT2D eigenvalue weighted by molar-refractivity contribution is 0.212. The number of rotatable bonds is 3. The highest BCUT2D eigenvalue weighted by Gasteiger charge is 2.24. The molecule has 1 aromatic heterocycles. The van der Waals surface area contributed by atoms with E-state index in [-0.39, 0.29) is 5.28 Å². The van der Waals surface area contributed by atoms with Crippen LogP contribution in [-0.2, 0) is 13.0 Å². The molecule has 0 radical (unpaired) electrons. The van der Waals surface area contributed by atoms with Crippen LogP contribution in [-0.4, -0.2) is 21.9 Å². The van der Waals surface area contributed by atoms with Gasteiger partial charge in [0.25, 0.3) is 0 Å². The smallest absolute Gasteiger partial charge is 0.224 e. The van der Waals surface area contributed by atoms with Crippen LogP contribution in [0.4, 0.5) is 0 Å². The van der Waals surface area contributed by atoms with Crippen LogP contribution < -0.4 is 0 Å². The van der Waals surface area contributed by atoms with Crippen LogP contribution in [0.3, 0.4) is 0 Å². The summed E-state index contributed by atoms with van der Waals surface area (Å²) in [6.07, 6.45) is 3.55. The number of aromatic nitrogens is 2. The molecule has 0 N–H and O–H groups in total. The SMILES string of the molecule is Cc1nc(Cl)nc(Cl)c1CN(C)C1CCCc2ccccc21. The van der Waals surface area contributed by atoms with Crippen molar-refractivity contribution in [3.8, 4) is 0 Å². The fourth-order valence-electron chi connectivity index (χ4n) is 3.25. The van der Waals surface area contributed by atoms with Crippen LogP contribution in [0.1, 0.15) is 41.3 Å². The van der Waals surface area contributed by atoms with E-state index in [2.05, 4.69) is 46.2 Å². The van der Waals surface area contributed by atoms with Gasteiger partial charge in [0, 0.05) is 23.8 Å². The summed E-state index contributed by atoms with van der Waals surface area (Å²) >= 11 is 12.1. The van der Waals surface area contributed by atoms with E-state index in [1.54, 1.807) is 0 Å². The topological polar surface area (TPSA) is 29.0 Å². The van der Waals surface area contributed by atoms with Gasteiger partial charge in [-0.3, -0.25) is 4.90 Å². The molecule has 116 valence electrons. The quantitative estimate of drug-likeness (QED) is 0.606. The average Bonchev–Trinajstić information content (AvgIpc) is 2.50. The van der Waals surface area contributed by atoms with E-state index in [1.165, 1.54) is 30.4 Å². The van der Waals surface area contributed by atoms with Crippen molar-refractivity contribution < 1.29 is 0 Å². The summed E-state index contributed by atoms with van der Waals surface area (Å²) in [5, 5.41) is 0.658. The molecule has 2 aromatic rings. The first-order chi connectivity index (χ1) is 10.6. The Morgan fingerprint density at radius 3 is 2.77 bits per heavy atom. The summed E-state index contributed by atoms with van der Waals surface area (Å²) in [7, 11) is 2.14. The van der Waals surface area contributed by atoms with E-state index in [9.17, 15) is 0 Å². The molecule has 3 nitrogen and oxygen atoms in total. The Labute approximate surface area is 141 Å². The molecule has 0 amide bonds. The summed E-state index contributed by atoms with van der Waals surface area (Å²) in [6.45, 7) is 2.65. The number of benzene rings is 1. The Bertz CT molecular complexity index is 664. The maximum Gasteiger partial charge on any atom is 0.224 e. The van der Waals surface area contributed by atoms with Gasteiger partial charge in [0.1, 0.15) is 5.15 Å². The third-order valence-electron chi connectivity index (χ3n) is 4.41. The fraction of sp³-hybridized carbons (Fsp3) is 0.412. The lowest BCUT2D eigenvalue weighted by Crippen LogP contribution is -2.28. The third kappa shape index (κ3) is 3.12. The number of fused-ring (bicyclic) bond motifs is 1. The van der Waals surface area contributed by atoms with Gasteiger partial charge in [-0.15, -0.1) is 0 Å². The Morgan fingerprint density at radius 1 is 1.23 bits per heavy atom. The van der Waals surface area contributed by atoms with Crippen LogP contribution >= 0.6 is 23.2 Å². The first-order valence-electron chi connectivity index (χ1n) is 7.53. The maximum atomic E-state index is 6.26. The zero-order valence-corrected chi connectivity index (χ0v) is 14.3. The highest BCUT2D eigenvalue weighted by atomic mass is 35.5. The zero-order chi connectivity index (χ0) is 15.7. The summed E-state index contributed by atoms with van der Waals surface area (Å²) < 4.78 is 0. The van der Waals surface area contributed by atoms with Crippen molar-refractivity contribution in [3.63, 3.8) is 0 Å². The van der Waals surface area contributed by atoms with Gasteiger partial charge in [-0.2, -0.15) is 0 Å². The molecule has 3 rings (SSSR count). The molecule has 0 fully saturated rings. The second kappa shape index (κ2) is 6.53. The van der Waals surface area contributed by atoms with Gasteiger partial charge in [0.2, 0.25) is 5.28 Å². The van der Waals surface area contributed by atoms with Crippen LogP contribution in [0.25, 0.3) is 0 Å². The van der Waals surface area contributed by atoms with E-state index in [0.29, 0.717) is 11.2 Å². The standard InChI is InChI=1S/C17H19Cl2N3/c1-11-14(16(18)21-17(19)20-11)10-22(2)15-9-5-7-12-6-3-4-8-13(12)15/h3-4,6,8,15H,5,7,9-10H2,1-2H3. The van der Waals surface area contributed by atoms with Crippen molar-refractivity contribution in [2.45, 2.75) is 38.8 Å². The minimum atomic E-state index is 0.205. The molecule has 1 aliphatic carbocycles. The molecule has 0 spiro atoms. The summed E-state index contributed by atoms with van der Waals surface area (Å²) in [4.78, 5) is 10.6. The largest absolute Gasteiger partial charge is 0.295 e. The van der Waals surface area contributed by atoms with Crippen LogP contribution in [0.2, 0.25) is 10.4 Å². The van der Waals surface area contributed by atoms with E-state index in [1.807, 2.05) is 6.92 Å². The number of aryl methyl sites for hydroxylation is 2. The van der Waals surface area contributed by atoms with E-state index < -0.39 is 0 Å². The monoisotopic (exact) mass is 335 g/mol. The van der Waals surface area contributed by atoms with Gasteiger partial charge in [-0.1, -0.05) is 35.9 Å². The molecular weight excluding hydrogens is 317 g/mol. The predicted octanol–water partition coefficient (Wildman–Crippen LogP) is 4.60. The van der Waals surface area contributed by atoms with Crippen LogP contribution in [0.15, 0.2) is 24.3 Å². The summed E-state index contributed by atoms with van der Waals surface area (Å²) in [5.74, 6) is 0. The molecule has 1 unspecified atom stereocenters. The molecule has 22 heavy (non-hydrogen) atoms. The van der Waals surface area contributed by atoms with E-state index in [0.717, 1.165) is 17.8 Å². The van der Waals surface area contributed by atoms with Crippen molar-refractivity contribution in [1.29, 1.82) is 0 Å². The molecule has 0 saturated heterocycles. The molecule has 0 saturated carbocycles. The van der Waals surface area contributed by atoms with Gasteiger partial charge >= 0.3 is 0 Å². The first kappa shape index (κ1) is 15.7. The van der Waals surface area contributed by atoms with Crippen molar-refractivity contribution in [3.05, 3.63) is 57.1 Å². The lowest BCUT2D eigenvalue weighted by Gasteiger charge is -2.33. The van der Waals surface area contributed by atoms with Crippen molar-refractivity contribution in [1.82, 2.24) is 14.9 Å². The molecular formula is C17H19Cl2N3. The molecule has 1 heterocycles. The van der Waals surface area contributed by atoms with Gasteiger partial charge < -0.3 is 0 Å². The van der Waals surface area contributed by atoms with Crippen LogP contribution in [0.5, 0.6) is 0 Å². The first-order valence-corrected chi connectivity index (χ1v) is 8.28. The minimum absolute atomic E-state index is 0.205.